The predicted octanol–water partition coefficient (Wildman–Crippen LogP) is 2.73. The maximum Gasteiger partial charge on any atom is 0.129 e. The van der Waals surface area contributed by atoms with E-state index >= 15 is 0 Å². The summed E-state index contributed by atoms with van der Waals surface area (Å²) in [6.45, 7) is 6.06. The van der Waals surface area contributed by atoms with Gasteiger partial charge < -0.3 is 4.84 Å². The van der Waals surface area contributed by atoms with Gasteiger partial charge in [0.05, 0.1) is 5.71 Å². The second-order valence-corrected chi connectivity index (χ2v) is 4.07. The Bertz CT molecular complexity index is 147. The normalized spacial score (nSPS) is 18.6. The maximum atomic E-state index is 5.30. The zero-order valence-electron chi connectivity index (χ0n) is 7.68. The Labute approximate surface area is 68.6 Å². The van der Waals surface area contributed by atoms with Crippen LogP contribution in [0, 0.1) is 0 Å². The minimum Gasteiger partial charge on any atom is -0.390 e. The second kappa shape index (κ2) is 3.24. The van der Waals surface area contributed by atoms with Gasteiger partial charge in [0.1, 0.15) is 5.60 Å². The van der Waals surface area contributed by atoms with Crippen molar-refractivity contribution in [3.05, 3.63) is 0 Å². The molecule has 0 aromatic rings. The summed E-state index contributed by atoms with van der Waals surface area (Å²) in [5, 5.41) is 4.11. The Morgan fingerprint density at radius 2 is 1.73 bits per heavy atom. The molecule has 2 nitrogen and oxygen atoms in total. The molecule has 1 aliphatic carbocycles. The van der Waals surface area contributed by atoms with Crippen LogP contribution in [0.5, 0.6) is 0 Å². The van der Waals surface area contributed by atoms with Gasteiger partial charge in [0, 0.05) is 0 Å². The highest BCUT2D eigenvalue weighted by Crippen LogP contribution is 2.16. The zero-order chi connectivity index (χ0) is 8.32. The van der Waals surface area contributed by atoms with Crippen molar-refractivity contribution in [1.82, 2.24) is 0 Å². The highest BCUT2D eigenvalue weighted by molar-refractivity contribution is 5.85. The molecule has 0 aromatic heterocycles. The molecule has 0 saturated heterocycles. The average Bonchev–Trinajstić information content (AvgIpc) is 2.32. The summed E-state index contributed by atoms with van der Waals surface area (Å²) in [5.41, 5.74) is 1.11. The van der Waals surface area contributed by atoms with Crippen LogP contribution in [0.4, 0.5) is 0 Å². The number of oxime groups is 1. The number of rotatable bonds is 1. The molecule has 1 aliphatic rings. The van der Waals surface area contributed by atoms with E-state index in [-0.39, 0.29) is 5.60 Å². The molecule has 11 heavy (non-hydrogen) atoms. The molecule has 0 aliphatic heterocycles. The highest BCUT2D eigenvalue weighted by Gasteiger charge is 2.13. The van der Waals surface area contributed by atoms with Gasteiger partial charge in [-0.05, 0) is 46.5 Å². The van der Waals surface area contributed by atoms with E-state index in [2.05, 4.69) is 5.16 Å². The minimum absolute atomic E-state index is 0.129. The second-order valence-electron chi connectivity index (χ2n) is 4.07. The lowest BCUT2D eigenvalue weighted by Gasteiger charge is -2.15. The van der Waals surface area contributed by atoms with Crippen LogP contribution in [0.1, 0.15) is 46.5 Å². The molecule has 0 radical (unpaired) electrons. The molecule has 1 saturated carbocycles. The molecular weight excluding hydrogens is 138 g/mol. The van der Waals surface area contributed by atoms with Gasteiger partial charge in [-0.2, -0.15) is 0 Å². The molecule has 0 aromatic carbocycles. The largest absolute Gasteiger partial charge is 0.390 e. The van der Waals surface area contributed by atoms with Crippen molar-refractivity contribution in [2.75, 3.05) is 0 Å². The van der Waals surface area contributed by atoms with Crippen molar-refractivity contribution in [2.45, 2.75) is 52.1 Å². The highest BCUT2D eigenvalue weighted by atomic mass is 16.6. The lowest BCUT2D eigenvalue weighted by molar-refractivity contribution is 0.000435. The van der Waals surface area contributed by atoms with Gasteiger partial charge in [0.15, 0.2) is 0 Å². The summed E-state index contributed by atoms with van der Waals surface area (Å²) in [5.74, 6) is 0. The first-order valence-electron chi connectivity index (χ1n) is 4.32. The van der Waals surface area contributed by atoms with Crippen LogP contribution in [0.3, 0.4) is 0 Å². The van der Waals surface area contributed by atoms with Crippen LogP contribution >= 0.6 is 0 Å². The molecule has 1 rings (SSSR count). The third kappa shape index (κ3) is 3.40. The van der Waals surface area contributed by atoms with Crippen molar-refractivity contribution in [3.8, 4) is 0 Å². The first-order valence-corrected chi connectivity index (χ1v) is 4.32. The molecule has 0 unspecified atom stereocenters. The summed E-state index contributed by atoms with van der Waals surface area (Å²) >= 11 is 0. The van der Waals surface area contributed by atoms with Crippen LogP contribution < -0.4 is 0 Å². The Kier molecular flexibility index (Phi) is 2.53. The van der Waals surface area contributed by atoms with E-state index < -0.39 is 0 Å². The fourth-order valence-corrected chi connectivity index (χ4v) is 1.08. The molecule has 64 valence electrons. The molecule has 0 atom stereocenters. The fourth-order valence-electron chi connectivity index (χ4n) is 1.08. The molecule has 1 fully saturated rings. The standard InChI is InChI=1S/C9H17NO/c1-9(2,3)11-10-8-6-4-5-7-8/h4-7H2,1-3H3. The SMILES string of the molecule is CC(C)(C)ON=C1CCCC1. The van der Waals surface area contributed by atoms with Gasteiger partial charge in [-0.1, -0.05) is 5.16 Å². The van der Waals surface area contributed by atoms with E-state index in [0.29, 0.717) is 0 Å². The quantitative estimate of drug-likeness (QED) is 0.533. The third-order valence-corrected chi connectivity index (χ3v) is 1.63. The Hall–Kier alpha value is -0.530. The Morgan fingerprint density at radius 1 is 1.18 bits per heavy atom. The molecule has 0 heterocycles. The summed E-state index contributed by atoms with van der Waals surface area (Å²) in [4.78, 5) is 5.30. The van der Waals surface area contributed by atoms with Crippen molar-refractivity contribution in [3.63, 3.8) is 0 Å². The van der Waals surface area contributed by atoms with Gasteiger partial charge >= 0.3 is 0 Å². The fraction of sp³-hybridized carbons (Fsp3) is 0.889. The first kappa shape index (κ1) is 8.57. The van der Waals surface area contributed by atoms with E-state index in [4.69, 9.17) is 4.84 Å². The van der Waals surface area contributed by atoms with E-state index in [1.54, 1.807) is 0 Å². The van der Waals surface area contributed by atoms with Crippen LogP contribution in [0.2, 0.25) is 0 Å². The topological polar surface area (TPSA) is 21.6 Å². The molecule has 2 heteroatoms. The minimum atomic E-state index is -0.129. The summed E-state index contributed by atoms with van der Waals surface area (Å²) in [6.07, 6.45) is 4.84. The Morgan fingerprint density at radius 3 is 2.18 bits per heavy atom. The lowest BCUT2D eigenvalue weighted by Crippen LogP contribution is -2.16. The molecule has 0 bridgehead atoms. The zero-order valence-corrected chi connectivity index (χ0v) is 7.68. The van der Waals surface area contributed by atoms with Crippen molar-refractivity contribution in [2.24, 2.45) is 5.16 Å². The van der Waals surface area contributed by atoms with Crippen molar-refractivity contribution in [1.29, 1.82) is 0 Å². The Balaban J connectivity index is 2.34. The van der Waals surface area contributed by atoms with Crippen LogP contribution in [0.15, 0.2) is 5.16 Å². The first-order chi connectivity index (χ1) is 5.08. The number of hydrogen-bond acceptors (Lipinski definition) is 2. The predicted molar refractivity (Wildman–Crippen MR) is 46.7 cm³/mol. The van der Waals surface area contributed by atoms with Gasteiger partial charge in [-0.15, -0.1) is 0 Å². The summed E-state index contributed by atoms with van der Waals surface area (Å²) in [6, 6.07) is 0. The molecular formula is C9H17NO. The summed E-state index contributed by atoms with van der Waals surface area (Å²) in [7, 11) is 0. The third-order valence-electron chi connectivity index (χ3n) is 1.63. The van der Waals surface area contributed by atoms with Gasteiger partial charge in [0.25, 0.3) is 0 Å². The van der Waals surface area contributed by atoms with Crippen molar-refractivity contribution < 1.29 is 4.84 Å². The van der Waals surface area contributed by atoms with Gasteiger partial charge in [-0.3, -0.25) is 0 Å². The number of nitrogens with zero attached hydrogens (tertiary/aromatic N) is 1. The molecule has 0 amide bonds. The van der Waals surface area contributed by atoms with Gasteiger partial charge in [0.2, 0.25) is 0 Å². The smallest absolute Gasteiger partial charge is 0.129 e. The average molecular weight is 155 g/mol. The maximum absolute atomic E-state index is 5.30. The monoisotopic (exact) mass is 155 g/mol. The van der Waals surface area contributed by atoms with Crippen LogP contribution in [0.25, 0.3) is 0 Å². The van der Waals surface area contributed by atoms with Crippen LogP contribution in [-0.2, 0) is 4.84 Å². The van der Waals surface area contributed by atoms with Crippen LogP contribution in [-0.4, -0.2) is 11.3 Å². The molecule has 0 N–H and O–H groups in total. The van der Waals surface area contributed by atoms with E-state index in [0.717, 1.165) is 12.8 Å². The van der Waals surface area contributed by atoms with E-state index in [1.807, 2.05) is 20.8 Å². The van der Waals surface area contributed by atoms with Crippen molar-refractivity contribution >= 4 is 5.71 Å². The van der Waals surface area contributed by atoms with Gasteiger partial charge in [-0.25, -0.2) is 0 Å². The van der Waals surface area contributed by atoms with E-state index in [9.17, 15) is 0 Å². The molecule has 0 spiro atoms. The summed E-state index contributed by atoms with van der Waals surface area (Å²) < 4.78 is 0. The lowest BCUT2D eigenvalue weighted by atomic mass is 10.2. The number of hydrogen-bond donors (Lipinski definition) is 0. The van der Waals surface area contributed by atoms with E-state index in [1.165, 1.54) is 18.6 Å².